The van der Waals surface area contributed by atoms with Gasteiger partial charge in [0.1, 0.15) is 0 Å². The molecule has 3 rings (SSSR count). The molecule has 0 atom stereocenters. The van der Waals surface area contributed by atoms with E-state index in [2.05, 4.69) is 10.3 Å². The van der Waals surface area contributed by atoms with Crippen LogP contribution < -0.4 is 10.9 Å². The number of hydrogen-bond acceptors (Lipinski definition) is 4. The second-order valence-electron chi connectivity index (χ2n) is 5.49. The molecule has 1 amide bonds. The number of amides is 1. The Labute approximate surface area is 154 Å². The Morgan fingerprint density at radius 1 is 1.24 bits per heavy atom. The number of carbonyl (C=O) groups excluding carboxylic acids is 1. The molecule has 0 bridgehead atoms. The monoisotopic (exact) mass is 373 g/mol. The van der Waals surface area contributed by atoms with Gasteiger partial charge in [-0.05, 0) is 37.3 Å². The van der Waals surface area contributed by atoms with Gasteiger partial charge in [-0.2, -0.15) is 0 Å². The Morgan fingerprint density at radius 3 is 2.64 bits per heavy atom. The van der Waals surface area contributed by atoms with Gasteiger partial charge in [0, 0.05) is 12.1 Å². The van der Waals surface area contributed by atoms with E-state index in [1.54, 1.807) is 25.2 Å². The lowest BCUT2D eigenvalue weighted by Gasteiger charge is -2.13. The fraction of sp³-hybridized carbons (Fsp3) is 0.167. The zero-order valence-electron chi connectivity index (χ0n) is 13.7. The third-order valence-electron chi connectivity index (χ3n) is 3.70. The summed E-state index contributed by atoms with van der Waals surface area (Å²) in [6, 6.07) is 12.6. The fourth-order valence-corrected chi connectivity index (χ4v) is 3.41. The van der Waals surface area contributed by atoms with Crippen molar-refractivity contribution in [3.05, 3.63) is 63.4 Å². The minimum absolute atomic E-state index is 0.138. The number of aromatic nitrogens is 2. The summed E-state index contributed by atoms with van der Waals surface area (Å²) in [5, 5.41) is 4.01. The molecule has 25 heavy (non-hydrogen) atoms. The van der Waals surface area contributed by atoms with Gasteiger partial charge in [-0.3, -0.25) is 14.2 Å². The number of thioether (sulfide) groups is 1. The van der Waals surface area contributed by atoms with Gasteiger partial charge in [-0.25, -0.2) is 4.98 Å². The molecule has 1 aromatic heterocycles. The van der Waals surface area contributed by atoms with Crippen LogP contribution >= 0.6 is 23.4 Å². The maximum atomic E-state index is 13.0. The first kappa shape index (κ1) is 17.5. The Balaban J connectivity index is 2.21. The number of nitrogens with zero attached hydrogens (tertiary/aromatic N) is 2. The van der Waals surface area contributed by atoms with Crippen LogP contribution in [0.3, 0.4) is 0 Å². The highest BCUT2D eigenvalue weighted by molar-refractivity contribution is 7.99. The summed E-state index contributed by atoms with van der Waals surface area (Å²) in [6.45, 7) is 1.98. The molecular weight excluding hydrogens is 358 g/mol. The second kappa shape index (κ2) is 7.29. The number of fused-ring (bicyclic) bond motifs is 1. The lowest BCUT2D eigenvalue weighted by atomic mass is 10.2. The van der Waals surface area contributed by atoms with Crippen molar-refractivity contribution in [2.24, 2.45) is 0 Å². The predicted octanol–water partition coefficient (Wildman–Crippen LogP) is 3.19. The number of hydrogen-bond donors (Lipinski definition) is 1. The van der Waals surface area contributed by atoms with Crippen molar-refractivity contribution in [3.8, 4) is 5.69 Å². The number of rotatable bonds is 4. The maximum absolute atomic E-state index is 13.0. The first-order chi connectivity index (χ1) is 12.0. The lowest BCUT2D eigenvalue weighted by Crippen LogP contribution is -2.24. The van der Waals surface area contributed by atoms with Crippen molar-refractivity contribution in [1.82, 2.24) is 14.9 Å². The molecule has 5 nitrogen and oxygen atoms in total. The van der Waals surface area contributed by atoms with E-state index >= 15 is 0 Å². The van der Waals surface area contributed by atoms with Crippen molar-refractivity contribution < 1.29 is 4.79 Å². The quantitative estimate of drug-likeness (QED) is 0.563. The number of benzene rings is 2. The van der Waals surface area contributed by atoms with E-state index in [4.69, 9.17) is 11.6 Å². The summed E-state index contributed by atoms with van der Waals surface area (Å²) in [5.41, 5.74) is 2.13. The summed E-state index contributed by atoms with van der Waals surface area (Å²) in [5.74, 6) is 0.0295. The molecule has 3 aromatic rings. The predicted molar refractivity (Wildman–Crippen MR) is 102 cm³/mol. The molecule has 0 saturated carbocycles. The van der Waals surface area contributed by atoms with Crippen LogP contribution in [0, 0.1) is 6.92 Å². The Bertz CT molecular complexity index is 1000. The van der Waals surface area contributed by atoms with Gasteiger partial charge in [0.25, 0.3) is 5.56 Å². The van der Waals surface area contributed by atoms with Gasteiger partial charge in [0.15, 0.2) is 5.16 Å². The van der Waals surface area contributed by atoms with E-state index < -0.39 is 0 Å². The first-order valence-corrected chi connectivity index (χ1v) is 8.98. The van der Waals surface area contributed by atoms with Crippen molar-refractivity contribution in [2.45, 2.75) is 12.1 Å². The first-order valence-electron chi connectivity index (χ1n) is 7.62. The maximum Gasteiger partial charge on any atom is 0.266 e. The van der Waals surface area contributed by atoms with Crippen LogP contribution in [0.25, 0.3) is 16.6 Å². The molecule has 128 valence electrons. The summed E-state index contributed by atoms with van der Waals surface area (Å²) < 4.78 is 1.53. The van der Waals surface area contributed by atoms with E-state index in [0.717, 1.165) is 5.56 Å². The molecule has 1 N–H and O–H groups in total. The standard InChI is InChI=1S/C18H16ClN3O2S/c1-11-3-6-13(7-4-11)22-17(24)14-8-5-12(19)9-15(14)21-18(22)25-10-16(23)20-2/h3-9H,10H2,1-2H3,(H,20,23). The second-order valence-corrected chi connectivity index (χ2v) is 6.87. The van der Waals surface area contributed by atoms with Crippen molar-refractivity contribution in [1.29, 1.82) is 0 Å². The van der Waals surface area contributed by atoms with Crippen LogP contribution in [-0.2, 0) is 4.79 Å². The van der Waals surface area contributed by atoms with Gasteiger partial charge in [0.05, 0.1) is 22.3 Å². The third kappa shape index (κ3) is 3.70. The molecule has 0 radical (unpaired) electrons. The number of aryl methyl sites for hydroxylation is 1. The topological polar surface area (TPSA) is 64.0 Å². The number of carbonyl (C=O) groups is 1. The van der Waals surface area contributed by atoms with Crippen LogP contribution in [0.15, 0.2) is 52.4 Å². The summed E-state index contributed by atoms with van der Waals surface area (Å²) in [4.78, 5) is 29.2. The minimum Gasteiger partial charge on any atom is -0.358 e. The Hall–Kier alpha value is -2.31. The SMILES string of the molecule is CNC(=O)CSc1nc2cc(Cl)ccc2c(=O)n1-c1ccc(C)cc1. The highest BCUT2D eigenvalue weighted by Crippen LogP contribution is 2.23. The zero-order valence-corrected chi connectivity index (χ0v) is 15.3. The molecular formula is C18H16ClN3O2S. The van der Waals surface area contributed by atoms with Crippen LogP contribution in [0.4, 0.5) is 0 Å². The molecule has 0 aliphatic carbocycles. The van der Waals surface area contributed by atoms with Gasteiger partial charge in [-0.1, -0.05) is 41.1 Å². The van der Waals surface area contributed by atoms with Crippen molar-refractivity contribution >= 4 is 40.2 Å². The van der Waals surface area contributed by atoms with E-state index in [-0.39, 0.29) is 17.2 Å². The highest BCUT2D eigenvalue weighted by atomic mass is 35.5. The molecule has 0 aliphatic rings. The highest BCUT2D eigenvalue weighted by Gasteiger charge is 2.14. The van der Waals surface area contributed by atoms with E-state index in [1.165, 1.54) is 16.3 Å². The molecule has 7 heteroatoms. The van der Waals surface area contributed by atoms with Gasteiger partial charge >= 0.3 is 0 Å². The molecule has 0 aliphatic heterocycles. The van der Waals surface area contributed by atoms with Crippen LogP contribution in [0.5, 0.6) is 0 Å². The van der Waals surface area contributed by atoms with Crippen LogP contribution in [-0.4, -0.2) is 28.3 Å². The third-order valence-corrected chi connectivity index (χ3v) is 4.88. The fourth-order valence-electron chi connectivity index (χ4n) is 2.36. The summed E-state index contributed by atoms with van der Waals surface area (Å²) in [6.07, 6.45) is 0. The average Bonchev–Trinajstić information content (AvgIpc) is 2.60. The molecule has 0 saturated heterocycles. The largest absolute Gasteiger partial charge is 0.358 e. The van der Waals surface area contributed by atoms with E-state index in [1.807, 2.05) is 31.2 Å². The number of halogens is 1. The molecule has 1 heterocycles. The van der Waals surface area contributed by atoms with E-state index in [9.17, 15) is 9.59 Å². The Kier molecular flexibility index (Phi) is 5.11. The van der Waals surface area contributed by atoms with Gasteiger partial charge in [-0.15, -0.1) is 0 Å². The molecule has 2 aromatic carbocycles. The average molecular weight is 374 g/mol. The van der Waals surface area contributed by atoms with Crippen molar-refractivity contribution in [3.63, 3.8) is 0 Å². The van der Waals surface area contributed by atoms with Crippen molar-refractivity contribution in [2.75, 3.05) is 12.8 Å². The molecule has 0 fully saturated rings. The minimum atomic E-state index is -0.190. The van der Waals surface area contributed by atoms with Crippen LogP contribution in [0.2, 0.25) is 5.02 Å². The smallest absolute Gasteiger partial charge is 0.266 e. The van der Waals surface area contributed by atoms with E-state index in [0.29, 0.717) is 26.8 Å². The molecule has 0 unspecified atom stereocenters. The molecule has 0 spiro atoms. The van der Waals surface area contributed by atoms with Crippen LogP contribution in [0.1, 0.15) is 5.56 Å². The van der Waals surface area contributed by atoms with Gasteiger partial charge in [0.2, 0.25) is 5.91 Å². The summed E-state index contributed by atoms with van der Waals surface area (Å²) in [7, 11) is 1.57. The number of nitrogens with one attached hydrogen (secondary N) is 1. The zero-order chi connectivity index (χ0) is 18.0. The summed E-state index contributed by atoms with van der Waals surface area (Å²) >= 11 is 7.24. The lowest BCUT2D eigenvalue weighted by molar-refractivity contribution is -0.118. The van der Waals surface area contributed by atoms with Gasteiger partial charge < -0.3 is 5.32 Å². The Morgan fingerprint density at radius 2 is 1.96 bits per heavy atom. The normalized spacial score (nSPS) is 10.8.